The third kappa shape index (κ3) is 5.21. The Morgan fingerprint density at radius 1 is 1.27 bits per heavy atom. The van der Waals surface area contributed by atoms with E-state index in [1.807, 2.05) is 26.8 Å². The molecule has 0 amide bonds. The molecule has 0 saturated heterocycles. The van der Waals surface area contributed by atoms with Crippen molar-refractivity contribution < 1.29 is 9.53 Å². The highest BCUT2D eigenvalue weighted by molar-refractivity contribution is 5.92. The molecule has 0 spiro atoms. The van der Waals surface area contributed by atoms with Crippen molar-refractivity contribution in [2.75, 3.05) is 0 Å². The highest BCUT2D eigenvalue weighted by Gasteiger charge is 2.14. The molecule has 0 heterocycles. The molecule has 0 rings (SSSR count). The molecular formula is C12H19NO2. The highest BCUT2D eigenvalue weighted by atomic mass is 16.5. The van der Waals surface area contributed by atoms with Crippen LogP contribution in [-0.2, 0) is 9.53 Å². The largest absolute Gasteiger partial charge is 0.459 e. The minimum absolute atomic E-state index is 0.102. The molecule has 0 saturated carbocycles. The number of ether oxygens (including phenoxy) is 1. The van der Waals surface area contributed by atoms with Crippen molar-refractivity contribution in [2.24, 2.45) is 11.8 Å². The van der Waals surface area contributed by atoms with Crippen LogP contribution in [0.1, 0.15) is 34.6 Å². The fourth-order valence-electron chi connectivity index (χ4n) is 0.884. The normalized spacial score (nSPS) is 13.9. The van der Waals surface area contributed by atoms with Gasteiger partial charge in [-0.1, -0.05) is 26.8 Å². The van der Waals surface area contributed by atoms with Gasteiger partial charge in [0.25, 0.3) is 0 Å². The van der Waals surface area contributed by atoms with Crippen molar-refractivity contribution in [2.45, 2.75) is 40.7 Å². The van der Waals surface area contributed by atoms with E-state index in [1.165, 1.54) is 0 Å². The van der Waals surface area contributed by atoms with Crippen molar-refractivity contribution in [3.63, 3.8) is 0 Å². The van der Waals surface area contributed by atoms with E-state index >= 15 is 0 Å². The Balaban J connectivity index is 4.63. The molecule has 84 valence electrons. The smallest absolute Gasteiger partial charge is 0.348 e. The third-order valence-corrected chi connectivity index (χ3v) is 2.16. The Morgan fingerprint density at radius 2 is 1.80 bits per heavy atom. The number of esters is 1. The number of allylic oxidation sites excluding steroid dienone is 1. The summed E-state index contributed by atoms with van der Waals surface area (Å²) < 4.78 is 4.95. The van der Waals surface area contributed by atoms with Gasteiger partial charge in [0, 0.05) is 0 Å². The van der Waals surface area contributed by atoms with Crippen LogP contribution in [-0.4, -0.2) is 12.1 Å². The van der Waals surface area contributed by atoms with Crippen molar-refractivity contribution in [1.29, 1.82) is 5.26 Å². The average molecular weight is 209 g/mol. The summed E-state index contributed by atoms with van der Waals surface area (Å²) in [5.41, 5.74) is 0.102. The average Bonchev–Trinajstić information content (AvgIpc) is 2.11. The van der Waals surface area contributed by atoms with Crippen LogP contribution in [0.4, 0.5) is 0 Å². The molecule has 0 N–H and O–H groups in total. The Morgan fingerprint density at radius 3 is 2.13 bits per heavy atom. The summed E-state index contributed by atoms with van der Waals surface area (Å²) in [7, 11) is 0. The Kier molecular flexibility index (Phi) is 5.69. The minimum Gasteiger partial charge on any atom is -0.459 e. The van der Waals surface area contributed by atoms with Gasteiger partial charge in [-0.3, -0.25) is 0 Å². The van der Waals surface area contributed by atoms with Crippen LogP contribution < -0.4 is 0 Å². The van der Waals surface area contributed by atoms with Gasteiger partial charge in [0.1, 0.15) is 11.6 Å². The van der Waals surface area contributed by atoms with E-state index in [2.05, 4.69) is 0 Å². The molecule has 3 nitrogen and oxygen atoms in total. The van der Waals surface area contributed by atoms with Gasteiger partial charge >= 0.3 is 5.97 Å². The Labute approximate surface area is 91.7 Å². The van der Waals surface area contributed by atoms with E-state index in [1.54, 1.807) is 19.9 Å². The molecule has 0 aliphatic rings. The number of hydrogen-bond donors (Lipinski definition) is 0. The second-order valence-electron chi connectivity index (χ2n) is 4.25. The van der Waals surface area contributed by atoms with E-state index in [-0.39, 0.29) is 17.6 Å². The standard InChI is InChI=1S/C12H19NO2/c1-8(2)10(5)6-11(7-13)12(14)15-9(3)4/h6,8-10H,1-5H3/b11-6+. The predicted molar refractivity (Wildman–Crippen MR) is 58.9 cm³/mol. The summed E-state index contributed by atoms with van der Waals surface area (Å²) in [6, 6.07) is 1.88. The number of rotatable bonds is 4. The predicted octanol–water partition coefficient (Wildman–Crippen LogP) is 2.68. The molecule has 15 heavy (non-hydrogen) atoms. The third-order valence-electron chi connectivity index (χ3n) is 2.16. The molecule has 0 fully saturated rings. The maximum atomic E-state index is 11.4. The van der Waals surface area contributed by atoms with Crippen LogP contribution in [0, 0.1) is 23.2 Å². The molecule has 0 aromatic heterocycles. The number of nitriles is 1. The number of carbonyl (C=O) groups is 1. The van der Waals surface area contributed by atoms with Crippen LogP contribution >= 0.6 is 0 Å². The molecule has 1 atom stereocenters. The van der Waals surface area contributed by atoms with Crippen molar-refractivity contribution in [3.8, 4) is 6.07 Å². The molecular weight excluding hydrogens is 190 g/mol. The topological polar surface area (TPSA) is 50.1 Å². The maximum Gasteiger partial charge on any atom is 0.348 e. The van der Waals surface area contributed by atoms with E-state index in [0.29, 0.717) is 5.92 Å². The van der Waals surface area contributed by atoms with Crippen LogP contribution in [0.5, 0.6) is 0 Å². The monoisotopic (exact) mass is 209 g/mol. The lowest BCUT2D eigenvalue weighted by Gasteiger charge is -2.11. The molecule has 1 unspecified atom stereocenters. The zero-order chi connectivity index (χ0) is 12.0. The van der Waals surface area contributed by atoms with Crippen LogP contribution in [0.3, 0.4) is 0 Å². The van der Waals surface area contributed by atoms with Gasteiger partial charge in [-0.25, -0.2) is 4.79 Å². The second-order valence-corrected chi connectivity index (χ2v) is 4.25. The molecule has 3 heteroatoms. The first-order valence-corrected chi connectivity index (χ1v) is 5.21. The Hall–Kier alpha value is -1.30. The molecule has 0 bridgehead atoms. The Bertz CT molecular complexity index is 284. The van der Waals surface area contributed by atoms with Gasteiger partial charge < -0.3 is 4.74 Å². The second kappa shape index (κ2) is 6.23. The number of carbonyl (C=O) groups excluding carboxylic acids is 1. The first kappa shape index (κ1) is 13.7. The SMILES string of the molecule is CC(C)OC(=O)/C(C#N)=C/C(C)C(C)C. The first-order valence-electron chi connectivity index (χ1n) is 5.21. The van der Waals surface area contributed by atoms with Gasteiger partial charge in [0.05, 0.1) is 6.10 Å². The lowest BCUT2D eigenvalue weighted by atomic mass is 9.96. The fourth-order valence-corrected chi connectivity index (χ4v) is 0.884. The van der Waals surface area contributed by atoms with E-state index in [4.69, 9.17) is 10.00 Å². The summed E-state index contributed by atoms with van der Waals surface area (Å²) in [6.07, 6.45) is 1.48. The summed E-state index contributed by atoms with van der Waals surface area (Å²) >= 11 is 0. The fraction of sp³-hybridized carbons (Fsp3) is 0.667. The molecule has 0 aliphatic carbocycles. The number of nitrogens with zero attached hydrogens (tertiary/aromatic N) is 1. The number of hydrogen-bond acceptors (Lipinski definition) is 3. The van der Waals surface area contributed by atoms with Gasteiger partial charge in [-0.2, -0.15) is 5.26 Å². The van der Waals surface area contributed by atoms with Crippen LogP contribution in [0.2, 0.25) is 0 Å². The summed E-state index contributed by atoms with van der Waals surface area (Å²) in [6.45, 7) is 9.59. The maximum absolute atomic E-state index is 11.4. The van der Waals surface area contributed by atoms with E-state index in [0.717, 1.165) is 0 Å². The quantitative estimate of drug-likeness (QED) is 0.406. The zero-order valence-electron chi connectivity index (χ0n) is 10.1. The van der Waals surface area contributed by atoms with Crippen LogP contribution in [0.15, 0.2) is 11.6 Å². The molecule has 0 aromatic rings. The minimum atomic E-state index is -0.528. The van der Waals surface area contributed by atoms with E-state index in [9.17, 15) is 4.79 Å². The highest BCUT2D eigenvalue weighted by Crippen LogP contribution is 2.14. The van der Waals surface area contributed by atoms with Gasteiger partial charge in [0.15, 0.2) is 0 Å². The summed E-state index contributed by atoms with van der Waals surface area (Å²) in [5, 5.41) is 8.82. The molecule has 0 radical (unpaired) electrons. The van der Waals surface area contributed by atoms with Crippen LogP contribution in [0.25, 0.3) is 0 Å². The van der Waals surface area contributed by atoms with E-state index < -0.39 is 5.97 Å². The van der Waals surface area contributed by atoms with Gasteiger partial charge in [-0.15, -0.1) is 0 Å². The van der Waals surface area contributed by atoms with Gasteiger partial charge in [0.2, 0.25) is 0 Å². The first-order chi connectivity index (χ1) is 6.88. The van der Waals surface area contributed by atoms with Crippen molar-refractivity contribution in [3.05, 3.63) is 11.6 Å². The van der Waals surface area contributed by atoms with Crippen molar-refractivity contribution in [1.82, 2.24) is 0 Å². The molecule has 0 aliphatic heterocycles. The lowest BCUT2D eigenvalue weighted by Crippen LogP contribution is -2.14. The molecule has 0 aromatic carbocycles. The zero-order valence-corrected chi connectivity index (χ0v) is 10.1. The van der Waals surface area contributed by atoms with Crippen molar-refractivity contribution >= 4 is 5.97 Å². The summed E-state index contributed by atoms with van der Waals surface area (Å²) in [4.78, 5) is 11.4. The summed E-state index contributed by atoms with van der Waals surface area (Å²) in [5.74, 6) is 0.0690. The van der Waals surface area contributed by atoms with Gasteiger partial charge in [-0.05, 0) is 25.7 Å². The lowest BCUT2D eigenvalue weighted by molar-refractivity contribution is -0.142.